The highest BCUT2D eigenvalue weighted by atomic mass is 16.5. The highest BCUT2D eigenvalue weighted by Crippen LogP contribution is 2.50. The third kappa shape index (κ3) is 4.57. The van der Waals surface area contributed by atoms with Gasteiger partial charge in [0.2, 0.25) is 0 Å². The molecule has 0 amide bonds. The molecule has 0 aromatic heterocycles. The van der Waals surface area contributed by atoms with Gasteiger partial charge < -0.3 is 18.4 Å². The average molecular weight is 601 g/mol. The standard InChI is InChI=1S/C38H52N2O4/c1-5-39(3)27-16-17-28(39)23-31(22-27)43-36(41)34-20-21-38(26-12-8-7-9-13-26,35-15-11-10-14-33(34)35)37(42)44-32-24-29-18-19-30(25-32)40(29,4)6-2/h7-15,27-32,34H,5-6,16-25H2,1-4H3/q+2/t27-,28-,29-,30-,31?,32?,34+,38-,39?,40?/m0/s1. The summed E-state index contributed by atoms with van der Waals surface area (Å²) in [5.74, 6) is -0.638. The zero-order valence-electron chi connectivity index (χ0n) is 27.3. The Morgan fingerprint density at radius 3 is 1.75 bits per heavy atom. The van der Waals surface area contributed by atoms with Gasteiger partial charge in [0.15, 0.2) is 0 Å². The van der Waals surface area contributed by atoms with Crippen molar-refractivity contribution in [3.8, 4) is 0 Å². The highest BCUT2D eigenvalue weighted by Gasteiger charge is 2.55. The minimum Gasteiger partial charge on any atom is -0.461 e. The van der Waals surface area contributed by atoms with Crippen LogP contribution in [-0.4, -0.2) is 84.5 Å². The van der Waals surface area contributed by atoms with Crippen LogP contribution in [0.3, 0.4) is 0 Å². The molecule has 2 aromatic carbocycles. The van der Waals surface area contributed by atoms with Crippen molar-refractivity contribution >= 4 is 11.9 Å². The van der Waals surface area contributed by atoms with Crippen LogP contribution >= 0.6 is 0 Å². The fourth-order valence-corrected chi connectivity index (χ4v) is 10.5. The molecule has 236 valence electrons. The first kappa shape index (κ1) is 30.0. The molecule has 4 aliphatic heterocycles. The highest BCUT2D eigenvalue weighted by molar-refractivity contribution is 5.91. The van der Waals surface area contributed by atoms with Gasteiger partial charge in [0.25, 0.3) is 0 Å². The van der Waals surface area contributed by atoms with Crippen LogP contribution in [-0.2, 0) is 24.5 Å². The van der Waals surface area contributed by atoms with Crippen molar-refractivity contribution in [1.29, 1.82) is 0 Å². The molecule has 6 heteroatoms. The van der Waals surface area contributed by atoms with E-state index in [2.05, 4.69) is 46.1 Å². The Kier molecular flexibility index (Phi) is 7.68. The van der Waals surface area contributed by atoms with Crippen molar-refractivity contribution in [2.45, 2.75) is 126 Å². The Bertz CT molecular complexity index is 1360. The third-order valence-corrected chi connectivity index (χ3v) is 13.6. The summed E-state index contributed by atoms with van der Waals surface area (Å²) in [6.45, 7) is 6.86. The van der Waals surface area contributed by atoms with Crippen LogP contribution in [0.25, 0.3) is 0 Å². The average Bonchev–Trinajstić information content (AvgIpc) is 3.29. The van der Waals surface area contributed by atoms with E-state index in [1.807, 2.05) is 36.4 Å². The predicted molar refractivity (Wildman–Crippen MR) is 171 cm³/mol. The smallest absolute Gasteiger partial charge is 0.321 e. The molecule has 0 saturated carbocycles. The quantitative estimate of drug-likeness (QED) is 0.278. The molecule has 6 nitrogen and oxygen atoms in total. The van der Waals surface area contributed by atoms with Crippen LogP contribution < -0.4 is 0 Å². The van der Waals surface area contributed by atoms with Gasteiger partial charge in [0, 0.05) is 51.4 Å². The summed E-state index contributed by atoms with van der Waals surface area (Å²) >= 11 is 0. The summed E-state index contributed by atoms with van der Waals surface area (Å²) in [6, 6.07) is 20.5. The Morgan fingerprint density at radius 1 is 0.705 bits per heavy atom. The third-order valence-electron chi connectivity index (χ3n) is 13.6. The summed E-state index contributed by atoms with van der Waals surface area (Å²) in [7, 11) is 4.78. The molecular weight excluding hydrogens is 548 g/mol. The molecular formula is C38H52N2O4+2. The van der Waals surface area contributed by atoms with Crippen LogP contribution in [0, 0.1) is 0 Å². The van der Waals surface area contributed by atoms with Gasteiger partial charge in [-0.3, -0.25) is 9.59 Å². The number of rotatable bonds is 7. The van der Waals surface area contributed by atoms with Crippen molar-refractivity contribution in [2.75, 3.05) is 27.2 Å². The number of benzene rings is 2. The van der Waals surface area contributed by atoms with E-state index in [-0.39, 0.29) is 30.1 Å². The summed E-state index contributed by atoms with van der Waals surface area (Å²) in [4.78, 5) is 28.6. The molecule has 4 bridgehead atoms. The van der Waals surface area contributed by atoms with Gasteiger partial charge in [-0.1, -0.05) is 54.6 Å². The molecule has 0 N–H and O–H groups in total. The lowest BCUT2D eigenvalue weighted by atomic mass is 9.63. The molecule has 7 rings (SSSR count). The molecule has 4 fully saturated rings. The molecule has 0 unspecified atom stereocenters. The number of esters is 2. The Hall–Kier alpha value is -2.70. The Balaban J connectivity index is 1.15. The fraction of sp³-hybridized carbons (Fsp3) is 0.632. The lowest BCUT2D eigenvalue weighted by Gasteiger charge is -2.47. The van der Waals surface area contributed by atoms with E-state index in [0.29, 0.717) is 37.0 Å². The van der Waals surface area contributed by atoms with Crippen molar-refractivity contribution in [3.63, 3.8) is 0 Å². The number of nitrogens with zero attached hydrogens (tertiary/aromatic N) is 2. The normalized spacial score (nSPS) is 40.7. The SMILES string of the molecule is CC[N+]1(C)[C@H]2CC[C@H]1CC(OC(=O)[C@@H]1CC[C@](C(=O)OC3C[C@@H]4CC[C@@H](C3)[N+]4(C)CC)(c3ccccc3)c3ccccc31)C2. The van der Waals surface area contributed by atoms with Crippen LogP contribution in [0.5, 0.6) is 0 Å². The van der Waals surface area contributed by atoms with Gasteiger partial charge in [-0.25, -0.2) is 0 Å². The van der Waals surface area contributed by atoms with E-state index >= 15 is 0 Å². The number of quaternary nitrogens is 2. The van der Waals surface area contributed by atoms with Gasteiger partial charge in [-0.15, -0.1) is 0 Å². The molecule has 0 spiro atoms. The minimum absolute atomic E-state index is 0.00966. The molecule has 2 aromatic rings. The summed E-state index contributed by atoms with van der Waals surface area (Å²) in [6.07, 6.45) is 9.75. The monoisotopic (exact) mass is 600 g/mol. The zero-order chi connectivity index (χ0) is 30.7. The maximum absolute atomic E-state index is 14.6. The van der Waals surface area contributed by atoms with E-state index < -0.39 is 5.41 Å². The Labute approximate surface area is 263 Å². The first-order chi connectivity index (χ1) is 21.2. The summed E-state index contributed by atoms with van der Waals surface area (Å²) < 4.78 is 15.2. The van der Waals surface area contributed by atoms with Gasteiger partial charge in [-0.2, -0.15) is 0 Å². The van der Waals surface area contributed by atoms with E-state index in [9.17, 15) is 9.59 Å². The number of hydrogen-bond acceptors (Lipinski definition) is 4. The van der Waals surface area contributed by atoms with E-state index in [0.717, 1.165) is 64.4 Å². The van der Waals surface area contributed by atoms with E-state index in [1.165, 1.54) is 25.7 Å². The largest absolute Gasteiger partial charge is 0.461 e. The fourth-order valence-electron chi connectivity index (χ4n) is 10.5. The second-order valence-corrected chi connectivity index (χ2v) is 15.1. The van der Waals surface area contributed by atoms with Crippen LogP contribution in [0.4, 0.5) is 0 Å². The lowest BCUT2D eigenvalue weighted by molar-refractivity contribution is -0.947. The number of carbonyl (C=O) groups is 2. The van der Waals surface area contributed by atoms with E-state index in [4.69, 9.17) is 9.47 Å². The summed E-state index contributed by atoms with van der Waals surface area (Å²) in [5.41, 5.74) is 1.86. The maximum Gasteiger partial charge on any atom is 0.321 e. The zero-order valence-corrected chi connectivity index (χ0v) is 27.3. The number of fused-ring (bicyclic) bond motifs is 5. The topological polar surface area (TPSA) is 52.6 Å². The van der Waals surface area contributed by atoms with Gasteiger partial charge in [0.1, 0.15) is 17.6 Å². The van der Waals surface area contributed by atoms with Crippen molar-refractivity contribution in [1.82, 2.24) is 0 Å². The van der Waals surface area contributed by atoms with E-state index in [1.54, 1.807) is 0 Å². The first-order valence-electron chi connectivity index (χ1n) is 17.5. The second kappa shape index (κ2) is 11.3. The summed E-state index contributed by atoms with van der Waals surface area (Å²) in [5, 5.41) is 0. The number of ether oxygens (including phenoxy) is 2. The molecule has 6 atom stereocenters. The molecule has 0 radical (unpaired) electrons. The predicted octanol–water partition coefficient (Wildman–Crippen LogP) is 6.26. The van der Waals surface area contributed by atoms with Gasteiger partial charge in [-0.05, 0) is 43.4 Å². The van der Waals surface area contributed by atoms with Crippen LogP contribution in [0.1, 0.15) is 101 Å². The number of hydrogen-bond donors (Lipinski definition) is 0. The minimum atomic E-state index is -0.932. The van der Waals surface area contributed by atoms with Crippen molar-refractivity contribution in [3.05, 3.63) is 71.3 Å². The number of piperidine rings is 2. The van der Waals surface area contributed by atoms with Gasteiger partial charge in [0.05, 0.1) is 57.3 Å². The van der Waals surface area contributed by atoms with Crippen LogP contribution in [0.15, 0.2) is 54.6 Å². The molecule has 4 heterocycles. The molecule has 5 aliphatic rings. The molecule has 4 saturated heterocycles. The van der Waals surface area contributed by atoms with Crippen molar-refractivity contribution in [2.24, 2.45) is 0 Å². The maximum atomic E-state index is 14.6. The Morgan fingerprint density at radius 2 is 1.20 bits per heavy atom. The first-order valence-corrected chi connectivity index (χ1v) is 17.5. The molecule has 44 heavy (non-hydrogen) atoms. The van der Waals surface area contributed by atoms with Crippen molar-refractivity contribution < 1.29 is 28.0 Å². The number of carbonyl (C=O) groups excluding carboxylic acids is 2. The van der Waals surface area contributed by atoms with Gasteiger partial charge >= 0.3 is 11.9 Å². The second-order valence-electron chi connectivity index (χ2n) is 15.1. The van der Waals surface area contributed by atoms with Crippen LogP contribution in [0.2, 0.25) is 0 Å². The lowest BCUT2D eigenvalue weighted by Crippen LogP contribution is -2.59. The molecule has 1 aliphatic carbocycles.